The topological polar surface area (TPSA) is 9.72 Å². The van der Waals surface area contributed by atoms with Crippen molar-refractivity contribution in [2.24, 2.45) is 0 Å². The maximum absolute atomic E-state index is 2.70. The molecule has 0 aliphatic carbocycles. The molecule has 2 saturated heterocycles. The number of rotatable bonds is 1. The molecule has 2 aliphatic heterocycles. The van der Waals surface area contributed by atoms with E-state index in [0.717, 1.165) is 6.04 Å². The Bertz CT molecular complexity index is 257. The predicted octanol–water partition coefficient (Wildman–Crippen LogP) is 1.50. The van der Waals surface area contributed by atoms with Gasteiger partial charge >= 0.3 is 0 Å². The zero-order valence-corrected chi connectivity index (χ0v) is 12.2. The molecular weight excluding hydrogens is 210 g/mol. The van der Waals surface area contributed by atoms with E-state index in [1.54, 1.807) is 0 Å². The first-order valence-electron chi connectivity index (χ1n) is 7.11. The molecule has 0 aromatic heterocycles. The molecule has 0 aromatic carbocycles. The Morgan fingerprint density at radius 2 is 1.59 bits per heavy atom. The highest BCUT2D eigenvalue weighted by Gasteiger charge is 2.35. The van der Waals surface area contributed by atoms with Gasteiger partial charge in [-0.25, -0.2) is 0 Å². The maximum atomic E-state index is 2.70. The smallest absolute Gasteiger partial charge is 0.0351 e. The monoisotopic (exact) mass is 239 g/mol. The number of fused-ring (bicyclic) bond motifs is 1. The van der Waals surface area contributed by atoms with Crippen LogP contribution in [0.25, 0.3) is 0 Å². The Kier molecular flexibility index (Phi) is 3.81. The van der Waals surface area contributed by atoms with E-state index in [2.05, 4.69) is 49.3 Å². The third kappa shape index (κ3) is 3.01. The first-order valence-corrected chi connectivity index (χ1v) is 7.11. The number of nitrogens with zero attached hydrogens (tertiary/aromatic N) is 3. The highest BCUT2D eigenvalue weighted by Crippen LogP contribution is 2.22. The Balaban J connectivity index is 1.97. The highest BCUT2D eigenvalue weighted by atomic mass is 15.4. The predicted molar refractivity (Wildman–Crippen MR) is 73.4 cm³/mol. The van der Waals surface area contributed by atoms with Crippen molar-refractivity contribution in [2.45, 2.75) is 52.2 Å². The van der Waals surface area contributed by atoms with Crippen LogP contribution in [0, 0.1) is 0 Å². The molecule has 2 heterocycles. The van der Waals surface area contributed by atoms with E-state index in [9.17, 15) is 0 Å². The van der Waals surface area contributed by atoms with Crippen LogP contribution in [0.2, 0.25) is 0 Å². The van der Waals surface area contributed by atoms with Crippen molar-refractivity contribution in [3.8, 4) is 0 Å². The van der Waals surface area contributed by atoms with Crippen LogP contribution in [0.3, 0.4) is 0 Å². The van der Waals surface area contributed by atoms with E-state index in [-0.39, 0.29) is 0 Å². The van der Waals surface area contributed by atoms with Gasteiger partial charge in [-0.2, -0.15) is 0 Å². The van der Waals surface area contributed by atoms with Gasteiger partial charge in [-0.3, -0.25) is 14.7 Å². The largest absolute Gasteiger partial charge is 0.298 e. The van der Waals surface area contributed by atoms with Crippen molar-refractivity contribution in [3.63, 3.8) is 0 Å². The van der Waals surface area contributed by atoms with Gasteiger partial charge < -0.3 is 0 Å². The van der Waals surface area contributed by atoms with E-state index in [1.807, 2.05) is 0 Å². The first-order chi connectivity index (χ1) is 7.88. The molecule has 100 valence electrons. The van der Waals surface area contributed by atoms with Crippen LogP contribution in [0.4, 0.5) is 0 Å². The third-order valence-electron chi connectivity index (χ3n) is 4.40. The fourth-order valence-corrected chi connectivity index (χ4v) is 3.06. The summed E-state index contributed by atoms with van der Waals surface area (Å²) in [6.45, 7) is 19.2. The lowest BCUT2D eigenvalue weighted by Crippen LogP contribution is -2.65. The Labute approximate surface area is 107 Å². The molecule has 1 atom stereocenters. The van der Waals surface area contributed by atoms with Gasteiger partial charge in [0.25, 0.3) is 0 Å². The number of hydrogen-bond donors (Lipinski definition) is 0. The van der Waals surface area contributed by atoms with E-state index in [0.29, 0.717) is 11.6 Å². The highest BCUT2D eigenvalue weighted by molar-refractivity contribution is 4.92. The standard InChI is InChI=1S/C14H29N3/c1-12(2)16-7-6-15-8-9-17(14(3,4)5)11-13(15)10-16/h12-13H,6-11H2,1-5H3. The van der Waals surface area contributed by atoms with Crippen molar-refractivity contribution in [2.75, 3.05) is 39.3 Å². The molecule has 3 nitrogen and oxygen atoms in total. The molecule has 17 heavy (non-hydrogen) atoms. The summed E-state index contributed by atoms with van der Waals surface area (Å²) in [5.41, 5.74) is 0.326. The van der Waals surface area contributed by atoms with Gasteiger partial charge in [-0.1, -0.05) is 0 Å². The molecule has 3 heteroatoms. The van der Waals surface area contributed by atoms with Crippen molar-refractivity contribution >= 4 is 0 Å². The van der Waals surface area contributed by atoms with Gasteiger partial charge in [0.1, 0.15) is 0 Å². The van der Waals surface area contributed by atoms with Crippen molar-refractivity contribution in [1.82, 2.24) is 14.7 Å². The average molecular weight is 239 g/mol. The molecule has 0 spiro atoms. The Hall–Kier alpha value is -0.120. The lowest BCUT2D eigenvalue weighted by atomic mass is 10.00. The molecule has 0 amide bonds. The maximum Gasteiger partial charge on any atom is 0.0351 e. The summed E-state index contributed by atoms with van der Waals surface area (Å²) in [6, 6.07) is 1.45. The molecule has 2 fully saturated rings. The minimum atomic E-state index is 0.326. The summed E-state index contributed by atoms with van der Waals surface area (Å²) >= 11 is 0. The van der Waals surface area contributed by atoms with E-state index in [1.165, 1.54) is 39.3 Å². The molecule has 2 rings (SSSR count). The van der Waals surface area contributed by atoms with Crippen LogP contribution in [-0.4, -0.2) is 71.6 Å². The van der Waals surface area contributed by atoms with Gasteiger partial charge in [-0.05, 0) is 34.6 Å². The molecule has 0 bridgehead atoms. The molecule has 0 radical (unpaired) electrons. The van der Waals surface area contributed by atoms with E-state index < -0.39 is 0 Å². The lowest BCUT2D eigenvalue weighted by molar-refractivity contribution is -0.0253. The van der Waals surface area contributed by atoms with Gasteiger partial charge in [0.2, 0.25) is 0 Å². The van der Waals surface area contributed by atoms with Crippen LogP contribution >= 0.6 is 0 Å². The van der Waals surface area contributed by atoms with Crippen molar-refractivity contribution in [1.29, 1.82) is 0 Å². The second-order valence-corrected chi connectivity index (χ2v) is 6.90. The minimum Gasteiger partial charge on any atom is -0.298 e. The Morgan fingerprint density at radius 3 is 2.18 bits per heavy atom. The second-order valence-electron chi connectivity index (χ2n) is 6.90. The minimum absolute atomic E-state index is 0.326. The zero-order valence-electron chi connectivity index (χ0n) is 12.2. The van der Waals surface area contributed by atoms with Gasteiger partial charge in [0, 0.05) is 56.9 Å². The van der Waals surface area contributed by atoms with E-state index in [4.69, 9.17) is 0 Å². The molecule has 0 aromatic rings. The summed E-state index contributed by atoms with van der Waals surface area (Å²) in [7, 11) is 0. The first kappa shape index (κ1) is 13.3. The molecular formula is C14H29N3. The van der Waals surface area contributed by atoms with E-state index >= 15 is 0 Å². The number of piperazine rings is 2. The lowest BCUT2D eigenvalue weighted by Gasteiger charge is -2.51. The zero-order chi connectivity index (χ0) is 12.6. The van der Waals surface area contributed by atoms with Crippen molar-refractivity contribution < 1.29 is 0 Å². The van der Waals surface area contributed by atoms with Gasteiger partial charge in [0.05, 0.1) is 0 Å². The quantitative estimate of drug-likeness (QED) is 0.686. The van der Waals surface area contributed by atoms with Gasteiger partial charge in [0.15, 0.2) is 0 Å². The molecule has 1 unspecified atom stereocenters. The molecule has 0 N–H and O–H groups in total. The summed E-state index contributed by atoms with van der Waals surface area (Å²) in [6.07, 6.45) is 0. The fraction of sp³-hybridized carbons (Fsp3) is 1.00. The van der Waals surface area contributed by atoms with Crippen LogP contribution in [0.1, 0.15) is 34.6 Å². The summed E-state index contributed by atoms with van der Waals surface area (Å²) in [4.78, 5) is 7.98. The second kappa shape index (κ2) is 4.87. The van der Waals surface area contributed by atoms with Gasteiger partial charge in [-0.15, -0.1) is 0 Å². The molecule has 2 aliphatic rings. The summed E-state index contributed by atoms with van der Waals surface area (Å²) in [5, 5.41) is 0. The normalized spacial score (nSPS) is 29.6. The van der Waals surface area contributed by atoms with Crippen LogP contribution < -0.4 is 0 Å². The summed E-state index contributed by atoms with van der Waals surface area (Å²) in [5.74, 6) is 0. The third-order valence-corrected chi connectivity index (χ3v) is 4.40. The summed E-state index contributed by atoms with van der Waals surface area (Å²) < 4.78 is 0. The van der Waals surface area contributed by atoms with Crippen LogP contribution in [-0.2, 0) is 0 Å². The average Bonchev–Trinajstić information content (AvgIpc) is 2.26. The molecule has 0 saturated carbocycles. The Morgan fingerprint density at radius 1 is 0.941 bits per heavy atom. The SMILES string of the molecule is CC(C)N1CCN2CCN(C(C)(C)C)CC2C1. The van der Waals surface area contributed by atoms with Crippen LogP contribution in [0.15, 0.2) is 0 Å². The number of hydrogen-bond acceptors (Lipinski definition) is 3. The van der Waals surface area contributed by atoms with Crippen LogP contribution in [0.5, 0.6) is 0 Å². The van der Waals surface area contributed by atoms with Crippen molar-refractivity contribution in [3.05, 3.63) is 0 Å². The fourth-order valence-electron chi connectivity index (χ4n) is 3.06.